The minimum Gasteiger partial charge on any atom is -0.416 e. The van der Waals surface area contributed by atoms with E-state index in [1.807, 2.05) is 24.3 Å². The van der Waals surface area contributed by atoms with Crippen LogP contribution < -0.4 is 0 Å². The molecule has 1 aromatic heterocycles. The summed E-state index contributed by atoms with van der Waals surface area (Å²) in [6.07, 6.45) is 0.303. The number of hydrogen-bond acceptors (Lipinski definition) is 4. The minimum absolute atomic E-state index is 0.260. The smallest absolute Gasteiger partial charge is 0.276 e. The lowest BCUT2D eigenvalue weighted by molar-refractivity contribution is 0.418. The average Bonchev–Trinajstić information content (AvgIpc) is 2.95. The minimum atomic E-state index is -0.260. The molecule has 0 aliphatic carbocycles. The Bertz CT molecular complexity index is 778. The van der Waals surface area contributed by atoms with Crippen molar-refractivity contribution in [1.82, 2.24) is 10.2 Å². The van der Waals surface area contributed by atoms with Crippen molar-refractivity contribution >= 4 is 27.7 Å². The van der Waals surface area contributed by atoms with Gasteiger partial charge in [-0.3, -0.25) is 0 Å². The molecule has 0 unspecified atom stereocenters. The Morgan fingerprint density at radius 2 is 1.95 bits per heavy atom. The van der Waals surface area contributed by atoms with Crippen LogP contribution in [0, 0.1) is 5.82 Å². The summed E-state index contributed by atoms with van der Waals surface area (Å²) in [5.41, 5.74) is 1.71. The van der Waals surface area contributed by atoms with Crippen LogP contribution in [0.15, 0.2) is 62.6 Å². The number of halogens is 2. The first-order chi connectivity index (χ1) is 10.7. The van der Waals surface area contributed by atoms with Gasteiger partial charge in [0.05, 0.1) is 6.42 Å². The van der Waals surface area contributed by atoms with Crippen LogP contribution in [-0.4, -0.2) is 10.2 Å². The average molecular weight is 379 g/mol. The van der Waals surface area contributed by atoms with Gasteiger partial charge in [-0.15, -0.1) is 10.2 Å². The van der Waals surface area contributed by atoms with Crippen LogP contribution in [0.3, 0.4) is 0 Å². The molecule has 22 heavy (non-hydrogen) atoms. The first-order valence-electron chi connectivity index (χ1n) is 6.64. The molecule has 0 atom stereocenters. The van der Waals surface area contributed by atoms with Crippen LogP contribution in [0.1, 0.15) is 17.0 Å². The van der Waals surface area contributed by atoms with Crippen LogP contribution in [0.25, 0.3) is 0 Å². The lowest BCUT2D eigenvalue weighted by Gasteiger charge is -1.99. The summed E-state index contributed by atoms with van der Waals surface area (Å²) in [6.45, 7) is 0. The van der Waals surface area contributed by atoms with E-state index < -0.39 is 0 Å². The van der Waals surface area contributed by atoms with Crippen molar-refractivity contribution in [3.8, 4) is 0 Å². The molecule has 0 bridgehead atoms. The second kappa shape index (κ2) is 7.07. The topological polar surface area (TPSA) is 38.9 Å². The van der Waals surface area contributed by atoms with E-state index >= 15 is 0 Å². The molecule has 6 heteroatoms. The van der Waals surface area contributed by atoms with Gasteiger partial charge >= 0.3 is 0 Å². The molecule has 0 N–H and O–H groups in total. The van der Waals surface area contributed by atoms with Crippen molar-refractivity contribution in [3.63, 3.8) is 0 Å². The largest absolute Gasteiger partial charge is 0.416 e. The van der Waals surface area contributed by atoms with E-state index in [1.165, 1.54) is 17.8 Å². The summed E-state index contributed by atoms with van der Waals surface area (Å²) in [5.74, 6) is 0.895. The second-order valence-corrected chi connectivity index (χ2v) is 6.49. The van der Waals surface area contributed by atoms with Crippen LogP contribution in [0.4, 0.5) is 4.39 Å². The van der Waals surface area contributed by atoms with E-state index in [4.69, 9.17) is 4.42 Å². The van der Waals surface area contributed by atoms with Gasteiger partial charge in [0.15, 0.2) is 0 Å². The molecule has 0 saturated carbocycles. The van der Waals surface area contributed by atoms with E-state index in [1.54, 1.807) is 18.2 Å². The number of benzene rings is 2. The molecule has 3 nitrogen and oxygen atoms in total. The van der Waals surface area contributed by atoms with E-state index in [9.17, 15) is 4.39 Å². The summed E-state index contributed by atoms with van der Waals surface area (Å²) in [4.78, 5) is 0. The van der Waals surface area contributed by atoms with Gasteiger partial charge in [-0.2, -0.15) is 0 Å². The molecule has 3 rings (SSSR count). The van der Waals surface area contributed by atoms with E-state index in [-0.39, 0.29) is 5.82 Å². The Labute approximate surface area is 140 Å². The highest BCUT2D eigenvalue weighted by atomic mass is 79.9. The Morgan fingerprint density at radius 1 is 1.09 bits per heavy atom. The number of rotatable bonds is 5. The fourth-order valence-corrected chi connectivity index (χ4v) is 3.11. The normalized spacial score (nSPS) is 10.8. The van der Waals surface area contributed by atoms with Crippen molar-refractivity contribution in [2.24, 2.45) is 0 Å². The summed E-state index contributed by atoms with van der Waals surface area (Å²) < 4.78 is 20.2. The SMILES string of the molecule is Fc1ccccc1Cc1nnc(SCc2cccc(Br)c2)o1. The lowest BCUT2D eigenvalue weighted by atomic mass is 10.1. The predicted molar refractivity (Wildman–Crippen MR) is 87.2 cm³/mol. The highest BCUT2D eigenvalue weighted by molar-refractivity contribution is 9.10. The third-order valence-electron chi connectivity index (χ3n) is 3.00. The van der Waals surface area contributed by atoms with Gasteiger partial charge in [0.1, 0.15) is 5.82 Å². The fourth-order valence-electron chi connectivity index (χ4n) is 1.94. The number of hydrogen-bond donors (Lipinski definition) is 0. The van der Waals surface area contributed by atoms with Crippen molar-refractivity contribution in [3.05, 3.63) is 75.8 Å². The lowest BCUT2D eigenvalue weighted by Crippen LogP contribution is -1.92. The Balaban J connectivity index is 1.63. The zero-order valence-corrected chi connectivity index (χ0v) is 13.9. The summed E-state index contributed by atoms with van der Waals surface area (Å²) in [7, 11) is 0. The number of thioether (sulfide) groups is 1. The van der Waals surface area contributed by atoms with Gasteiger partial charge < -0.3 is 4.42 Å². The molecule has 0 spiro atoms. The van der Waals surface area contributed by atoms with Gasteiger partial charge in [-0.25, -0.2) is 4.39 Å². The molecule has 112 valence electrons. The number of nitrogens with zero attached hydrogens (tertiary/aromatic N) is 2. The van der Waals surface area contributed by atoms with E-state index in [2.05, 4.69) is 26.1 Å². The van der Waals surface area contributed by atoms with Gasteiger partial charge in [0.2, 0.25) is 5.89 Å². The van der Waals surface area contributed by atoms with Gasteiger partial charge in [0.25, 0.3) is 5.22 Å². The maximum atomic E-state index is 13.6. The molecule has 2 aromatic carbocycles. The molecular formula is C16H12BrFN2OS. The highest BCUT2D eigenvalue weighted by Crippen LogP contribution is 2.24. The summed E-state index contributed by atoms with van der Waals surface area (Å²) in [6, 6.07) is 14.6. The van der Waals surface area contributed by atoms with Crippen molar-refractivity contribution in [2.45, 2.75) is 17.4 Å². The molecule has 0 amide bonds. The van der Waals surface area contributed by atoms with Crippen LogP contribution >= 0.6 is 27.7 Å². The Kier molecular flexibility index (Phi) is 4.90. The number of aromatic nitrogens is 2. The molecule has 0 aliphatic heterocycles. The monoisotopic (exact) mass is 378 g/mol. The molecule has 0 radical (unpaired) electrons. The Morgan fingerprint density at radius 3 is 2.77 bits per heavy atom. The van der Waals surface area contributed by atoms with Crippen LogP contribution in [0.5, 0.6) is 0 Å². The van der Waals surface area contributed by atoms with E-state index in [0.29, 0.717) is 23.1 Å². The molecule has 0 aliphatic rings. The standard InChI is InChI=1S/C16H12BrFN2OS/c17-13-6-3-4-11(8-13)10-22-16-20-19-15(21-16)9-12-5-1-2-7-14(12)18/h1-8H,9-10H2. The summed E-state index contributed by atoms with van der Waals surface area (Å²) in [5, 5.41) is 8.45. The molecule has 3 aromatic rings. The van der Waals surface area contributed by atoms with E-state index in [0.717, 1.165) is 15.8 Å². The molecule has 0 saturated heterocycles. The first-order valence-corrected chi connectivity index (χ1v) is 8.41. The molecular weight excluding hydrogens is 367 g/mol. The maximum Gasteiger partial charge on any atom is 0.276 e. The quantitative estimate of drug-likeness (QED) is 0.594. The van der Waals surface area contributed by atoms with Crippen molar-refractivity contribution < 1.29 is 8.81 Å². The fraction of sp³-hybridized carbons (Fsp3) is 0.125. The highest BCUT2D eigenvalue weighted by Gasteiger charge is 2.10. The van der Waals surface area contributed by atoms with Crippen molar-refractivity contribution in [1.29, 1.82) is 0 Å². The molecule has 1 heterocycles. The van der Waals surface area contributed by atoms with Gasteiger partial charge in [0, 0.05) is 10.2 Å². The third kappa shape index (κ3) is 3.96. The second-order valence-electron chi connectivity index (χ2n) is 4.65. The predicted octanol–water partition coefficient (Wildman–Crippen LogP) is 4.85. The third-order valence-corrected chi connectivity index (χ3v) is 4.38. The maximum absolute atomic E-state index is 13.6. The van der Waals surface area contributed by atoms with Crippen LogP contribution in [-0.2, 0) is 12.2 Å². The van der Waals surface area contributed by atoms with Gasteiger partial charge in [-0.1, -0.05) is 58.0 Å². The zero-order chi connectivity index (χ0) is 15.4. The van der Waals surface area contributed by atoms with Crippen molar-refractivity contribution in [2.75, 3.05) is 0 Å². The zero-order valence-electron chi connectivity index (χ0n) is 11.5. The Hall–Kier alpha value is -1.66. The molecule has 0 fully saturated rings. The summed E-state index contributed by atoms with van der Waals surface area (Å²) >= 11 is 4.90. The first kappa shape index (κ1) is 15.2. The van der Waals surface area contributed by atoms with Crippen LogP contribution in [0.2, 0.25) is 0 Å². The van der Waals surface area contributed by atoms with Gasteiger partial charge in [-0.05, 0) is 29.3 Å².